The maximum atomic E-state index is 13.3. The van der Waals surface area contributed by atoms with E-state index in [1.165, 1.54) is 24.4 Å². The van der Waals surface area contributed by atoms with Crippen molar-refractivity contribution in [3.05, 3.63) is 92.7 Å². The topological polar surface area (TPSA) is 59.9 Å². The van der Waals surface area contributed by atoms with Gasteiger partial charge < -0.3 is 9.47 Å². The number of hydrogen-bond acceptors (Lipinski definition) is 4. The number of carbonyl (C=O) groups excluding carboxylic acids is 1. The summed E-state index contributed by atoms with van der Waals surface area (Å²) >= 11 is 9.40. The number of carbonyl (C=O) groups is 1. The van der Waals surface area contributed by atoms with E-state index in [1.807, 2.05) is 19.1 Å². The zero-order valence-electron chi connectivity index (χ0n) is 16.6. The van der Waals surface area contributed by atoms with Crippen molar-refractivity contribution in [2.75, 3.05) is 6.61 Å². The van der Waals surface area contributed by atoms with Crippen molar-refractivity contribution < 1.29 is 18.7 Å². The van der Waals surface area contributed by atoms with Crippen LogP contribution in [0.4, 0.5) is 4.39 Å². The van der Waals surface area contributed by atoms with E-state index >= 15 is 0 Å². The monoisotopic (exact) mass is 504 g/mol. The SMILES string of the molecule is CCOc1cc(/C=N\NC(=O)c2cccc(F)c2)c(Br)cc1OCc1ccc(Cl)cc1. The Labute approximate surface area is 193 Å². The molecule has 1 N–H and O–H groups in total. The fourth-order valence-electron chi connectivity index (χ4n) is 2.63. The van der Waals surface area contributed by atoms with Gasteiger partial charge in [-0.15, -0.1) is 0 Å². The van der Waals surface area contributed by atoms with E-state index in [9.17, 15) is 9.18 Å². The normalized spacial score (nSPS) is 10.8. The van der Waals surface area contributed by atoms with Crippen LogP contribution < -0.4 is 14.9 Å². The minimum atomic E-state index is -0.514. The van der Waals surface area contributed by atoms with E-state index in [1.54, 1.807) is 24.3 Å². The zero-order valence-corrected chi connectivity index (χ0v) is 18.9. The summed E-state index contributed by atoms with van der Waals surface area (Å²) in [6.45, 7) is 2.67. The predicted octanol–water partition coefficient (Wildman–Crippen LogP) is 5.98. The average Bonchev–Trinajstić information content (AvgIpc) is 2.75. The smallest absolute Gasteiger partial charge is 0.271 e. The third-order valence-electron chi connectivity index (χ3n) is 4.13. The van der Waals surface area contributed by atoms with E-state index in [0.29, 0.717) is 39.8 Å². The summed E-state index contributed by atoms with van der Waals surface area (Å²) in [6, 6.07) is 16.3. The summed E-state index contributed by atoms with van der Waals surface area (Å²) in [5.41, 5.74) is 4.19. The van der Waals surface area contributed by atoms with Crippen LogP contribution in [0.3, 0.4) is 0 Å². The van der Waals surface area contributed by atoms with E-state index < -0.39 is 11.7 Å². The molecular weight excluding hydrogens is 487 g/mol. The molecule has 0 aliphatic rings. The predicted molar refractivity (Wildman–Crippen MR) is 123 cm³/mol. The van der Waals surface area contributed by atoms with E-state index in [2.05, 4.69) is 26.5 Å². The Bertz CT molecular complexity index is 1090. The molecule has 0 aliphatic heterocycles. The van der Waals surface area contributed by atoms with Crippen LogP contribution in [-0.4, -0.2) is 18.7 Å². The number of nitrogens with zero attached hydrogens (tertiary/aromatic N) is 1. The Morgan fingerprint density at radius 3 is 2.58 bits per heavy atom. The fraction of sp³-hybridized carbons (Fsp3) is 0.130. The van der Waals surface area contributed by atoms with E-state index in [0.717, 1.165) is 11.6 Å². The second kappa shape index (κ2) is 10.9. The molecule has 0 aromatic heterocycles. The minimum Gasteiger partial charge on any atom is -0.490 e. The number of benzene rings is 3. The molecule has 31 heavy (non-hydrogen) atoms. The van der Waals surface area contributed by atoms with E-state index in [-0.39, 0.29) is 5.56 Å². The number of hydrogen-bond donors (Lipinski definition) is 1. The van der Waals surface area contributed by atoms with Crippen LogP contribution in [0, 0.1) is 5.82 Å². The second-order valence-electron chi connectivity index (χ2n) is 6.38. The van der Waals surface area contributed by atoms with Crippen LogP contribution in [0.15, 0.2) is 70.2 Å². The lowest BCUT2D eigenvalue weighted by Gasteiger charge is -2.14. The lowest BCUT2D eigenvalue weighted by Crippen LogP contribution is -2.17. The first-order valence-electron chi connectivity index (χ1n) is 9.39. The number of nitrogens with one attached hydrogen (secondary N) is 1. The van der Waals surface area contributed by atoms with Gasteiger partial charge in [0.2, 0.25) is 0 Å². The molecule has 0 bridgehead atoms. The summed E-state index contributed by atoms with van der Waals surface area (Å²) in [6.07, 6.45) is 1.47. The summed E-state index contributed by atoms with van der Waals surface area (Å²) < 4.78 is 25.6. The molecule has 0 atom stereocenters. The molecule has 0 spiro atoms. The molecular formula is C23H19BrClFN2O3. The summed E-state index contributed by atoms with van der Waals surface area (Å²) in [4.78, 5) is 12.1. The molecule has 3 aromatic carbocycles. The molecule has 0 aliphatic carbocycles. The van der Waals surface area contributed by atoms with Gasteiger partial charge in [-0.05, 0) is 70.9 Å². The van der Waals surface area contributed by atoms with Crippen LogP contribution in [0.1, 0.15) is 28.4 Å². The summed E-state index contributed by atoms with van der Waals surface area (Å²) in [7, 11) is 0. The Hall–Kier alpha value is -2.90. The maximum Gasteiger partial charge on any atom is 0.271 e. The quantitative estimate of drug-likeness (QED) is 0.302. The van der Waals surface area contributed by atoms with Gasteiger partial charge in [0.1, 0.15) is 12.4 Å². The molecule has 0 heterocycles. The first kappa shape index (κ1) is 22.8. The molecule has 3 aromatic rings. The Kier molecular flexibility index (Phi) is 8.03. The first-order valence-corrected chi connectivity index (χ1v) is 10.6. The molecule has 0 unspecified atom stereocenters. The lowest BCUT2D eigenvalue weighted by molar-refractivity contribution is 0.0954. The van der Waals surface area contributed by atoms with Crippen LogP contribution >= 0.6 is 27.5 Å². The number of halogens is 3. The minimum absolute atomic E-state index is 0.178. The first-order chi connectivity index (χ1) is 15.0. The highest BCUT2D eigenvalue weighted by molar-refractivity contribution is 9.10. The van der Waals surface area contributed by atoms with Crippen LogP contribution in [0.25, 0.3) is 0 Å². The van der Waals surface area contributed by atoms with E-state index in [4.69, 9.17) is 21.1 Å². The fourth-order valence-corrected chi connectivity index (χ4v) is 3.18. The van der Waals surface area contributed by atoms with Crippen LogP contribution in [0.2, 0.25) is 5.02 Å². The van der Waals surface area contributed by atoms with Gasteiger partial charge in [-0.25, -0.2) is 9.82 Å². The van der Waals surface area contributed by atoms with Crippen molar-refractivity contribution in [1.82, 2.24) is 5.43 Å². The molecule has 0 saturated carbocycles. The van der Waals surface area contributed by atoms with Crippen molar-refractivity contribution in [2.24, 2.45) is 5.10 Å². The van der Waals surface area contributed by atoms with Crippen molar-refractivity contribution in [3.63, 3.8) is 0 Å². The van der Waals surface area contributed by atoms with Gasteiger partial charge in [0.15, 0.2) is 11.5 Å². The molecule has 0 saturated heterocycles. The third kappa shape index (κ3) is 6.54. The van der Waals surface area contributed by atoms with Gasteiger partial charge in [0.25, 0.3) is 5.91 Å². The average molecular weight is 506 g/mol. The number of hydrazone groups is 1. The van der Waals surface area contributed by atoms with Gasteiger partial charge in [-0.2, -0.15) is 5.10 Å². The van der Waals surface area contributed by atoms with Crippen molar-refractivity contribution in [3.8, 4) is 11.5 Å². The van der Waals surface area contributed by atoms with Crippen molar-refractivity contribution >= 4 is 39.7 Å². The zero-order chi connectivity index (χ0) is 22.2. The van der Waals surface area contributed by atoms with Crippen molar-refractivity contribution in [2.45, 2.75) is 13.5 Å². The molecule has 1 amide bonds. The summed E-state index contributed by atoms with van der Waals surface area (Å²) in [5, 5.41) is 4.62. The highest BCUT2D eigenvalue weighted by Gasteiger charge is 2.11. The Morgan fingerprint density at radius 2 is 1.87 bits per heavy atom. The van der Waals surface area contributed by atoms with Gasteiger partial charge in [-0.1, -0.05) is 29.8 Å². The molecule has 8 heteroatoms. The van der Waals surface area contributed by atoms with Crippen molar-refractivity contribution in [1.29, 1.82) is 0 Å². The highest BCUT2D eigenvalue weighted by Crippen LogP contribution is 2.34. The summed E-state index contributed by atoms with van der Waals surface area (Å²) in [5.74, 6) is 0.0944. The number of amides is 1. The Morgan fingerprint density at radius 1 is 1.13 bits per heavy atom. The number of ether oxygens (including phenoxy) is 2. The Balaban J connectivity index is 1.72. The van der Waals surface area contributed by atoms with Gasteiger partial charge >= 0.3 is 0 Å². The maximum absolute atomic E-state index is 13.3. The molecule has 0 fully saturated rings. The largest absolute Gasteiger partial charge is 0.490 e. The molecule has 5 nitrogen and oxygen atoms in total. The highest BCUT2D eigenvalue weighted by atomic mass is 79.9. The molecule has 160 valence electrons. The molecule has 3 rings (SSSR count). The molecule has 0 radical (unpaired) electrons. The lowest BCUT2D eigenvalue weighted by atomic mass is 10.2. The van der Waals surface area contributed by atoms with Crippen LogP contribution in [0.5, 0.6) is 11.5 Å². The van der Waals surface area contributed by atoms with Crippen LogP contribution in [-0.2, 0) is 6.61 Å². The number of rotatable bonds is 8. The second-order valence-corrected chi connectivity index (χ2v) is 7.67. The van der Waals surface area contributed by atoms with Gasteiger partial charge in [0, 0.05) is 20.6 Å². The van der Waals surface area contributed by atoms with Gasteiger partial charge in [-0.3, -0.25) is 4.79 Å². The third-order valence-corrected chi connectivity index (χ3v) is 5.07. The van der Waals surface area contributed by atoms with Gasteiger partial charge in [0.05, 0.1) is 12.8 Å². The standard InChI is InChI=1S/C23H19BrClFN2O3/c1-2-30-21-11-17(13-27-28-23(29)16-4-3-5-19(26)10-16)20(24)12-22(21)31-14-15-6-8-18(25)9-7-15/h3-13H,2,14H2,1H3,(H,28,29)/b27-13-.